The lowest BCUT2D eigenvalue weighted by Gasteiger charge is -2.09. The molecule has 0 saturated heterocycles. The highest BCUT2D eigenvalue weighted by molar-refractivity contribution is 7.99. The van der Waals surface area contributed by atoms with Gasteiger partial charge in [-0.15, -0.1) is 18.3 Å². The number of thioether (sulfide) groups is 1. The first kappa shape index (κ1) is 22.2. The van der Waals surface area contributed by atoms with E-state index >= 15 is 0 Å². The number of aromatic nitrogens is 3. The van der Waals surface area contributed by atoms with Gasteiger partial charge in [-0.2, -0.15) is 10.1 Å². The predicted molar refractivity (Wildman–Crippen MR) is 111 cm³/mol. The Morgan fingerprint density at radius 2 is 1.97 bits per heavy atom. The van der Waals surface area contributed by atoms with E-state index in [-0.39, 0.29) is 17.4 Å². The summed E-state index contributed by atoms with van der Waals surface area (Å²) in [5.74, 6) is -0.421. The van der Waals surface area contributed by atoms with Crippen LogP contribution in [0.3, 0.4) is 0 Å². The number of benzene rings is 2. The van der Waals surface area contributed by atoms with E-state index in [9.17, 15) is 18.0 Å². The zero-order valence-corrected chi connectivity index (χ0v) is 16.9. The maximum absolute atomic E-state index is 12.2. The largest absolute Gasteiger partial charge is 0.573 e. The van der Waals surface area contributed by atoms with Crippen LogP contribution in [0.15, 0.2) is 58.8 Å². The van der Waals surface area contributed by atoms with Crippen LogP contribution in [-0.4, -0.2) is 39.4 Å². The standard InChI is InChI=1S/C19H17F3N6O2S/c1-12-4-2-3-5-13(12)10-23-26-17-25-18(28-27-17)31-11-16(29)24-14-6-8-15(9-7-14)30-19(20,21)22/h2-10H,11H2,1H3,(H,24,29)(H2,25,26,27,28)/b23-10+. The Kier molecular flexibility index (Phi) is 7.13. The van der Waals surface area contributed by atoms with Crippen molar-refractivity contribution in [3.05, 3.63) is 59.7 Å². The van der Waals surface area contributed by atoms with Crippen LogP contribution >= 0.6 is 11.8 Å². The molecule has 3 aromatic rings. The zero-order chi connectivity index (χ0) is 22.3. The number of amides is 1. The SMILES string of the molecule is Cc1ccccc1/C=N/Nc1nc(SCC(=O)Nc2ccc(OC(F)(F)F)cc2)n[nH]1. The molecule has 0 radical (unpaired) electrons. The number of H-pyrrole nitrogens is 1. The van der Waals surface area contributed by atoms with Gasteiger partial charge in [-0.3, -0.25) is 4.79 Å². The van der Waals surface area contributed by atoms with E-state index < -0.39 is 6.36 Å². The van der Waals surface area contributed by atoms with Crippen LogP contribution < -0.4 is 15.5 Å². The van der Waals surface area contributed by atoms with Crippen LogP contribution in [0, 0.1) is 6.92 Å². The van der Waals surface area contributed by atoms with Gasteiger partial charge in [0.2, 0.25) is 17.0 Å². The highest BCUT2D eigenvalue weighted by atomic mass is 32.2. The number of nitrogens with one attached hydrogen (secondary N) is 3. The molecule has 0 unspecified atom stereocenters. The first-order valence-corrected chi connectivity index (χ1v) is 9.82. The van der Waals surface area contributed by atoms with Crippen molar-refractivity contribution in [2.24, 2.45) is 5.10 Å². The van der Waals surface area contributed by atoms with Crippen molar-refractivity contribution < 1.29 is 22.7 Å². The molecule has 0 bridgehead atoms. The molecule has 0 spiro atoms. The summed E-state index contributed by atoms with van der Waals surface area (Å²) in [5, 5.41) is 13.6. The van der Waals surface area contributed by atoms with E-state index in [0.717, 1.165) is 35.0 Å². The number of carbonyl (C=O) groups excluding carboxylic acids is 1. The number of hydrogen-bond donors (Lipinski definition) is 3. The molecule has 31 heavy (non-hydrogen) atoms. The molecule has 0 fully saturated rings. The number of halogens is 3. The number of hydrazone groups is 1. The van der Waals surface area contributed by atoms with Crippen molar-refractivity contribution in [3.63, 3.8) is 0 Å². The van der Waals surface area contributed by atoms with Gasteiger partial charge in [0, 0.05) is 5.69 Å². The summed E-state index contributed by atoms with van der Waals surface area (Å²) in [4.78, 5) is 16.2. The summed E-state index contributed by atoms with van der Waals surface area (Å²) in [5.41, 5.74) is 5.10. The molecule has 8 nitrogen and oxygen atoms in total. The highest BCUT2D eigenvalue weighted by Gasteiger charge is 2.30. The minimum atomic E-state index is -4.77. The lowest BCUT2D eigenvalue weighted by atomic mass is 10.1. The first-order chi connectivity index (χ1) is 14.8. The van der Waals surface area contributed by atoms with Gasteiger partial charge in [0.05, 0.1) is 12.0 Å². The van der Waals surface area contributed by atoms with Crippen molar-refractivity contribution in [3.8, 4) is 5.75 Å². The van der Waals surface area contributed by atoms with E-state index in [0.29, 0.717) is 16.8 Å². The molecule has 1 amide bonds. The van der Waals surface area contributed by atoms with Crippen molar-refractivity contribution in [2.45, 2.75) is 18.4 Å². The van der Waals surface area contributed by atoms with Crippen LogP contribution in [-0.2, 0) is 4.79 Å². The molecule has 1 heterocycles. The number of aryl methyl sites for hydroxylation is 1. The monoisotopic (exact) mass is 450 g/mol. The number of rotatable bonds is 8. The second-order valence-electron chi connectivity index (χ2n) is 6.10. The van der Waals surface area contributed by atoms with Gasteiger partial charge in [-0.25, -0.2) is 10.5 Å². The van der Waals surface area contributed by atoms with Crippen LogP contribution in [0.1, 0.15) is 11.1 Å². The third kappa shape index (κ3) is 7.33. The van der Waals surface area contributed by atoms with Gasteiger partial charge < -0.3 is 10.1 Å². The number of ether oxygens (including phenoxy) is 1. The molecule has 0 aliphatic heterocycles. The quantitative estimate of drug-likeness (QED) is 0.270. The van der Waals surface area contributed by atoms with Crippen LogP contribution in [0.4, 0.5) is 24.8 Å². The molecule has 3 rings (SSSR count). The minimum Gasteiger partial charge on any atom is -0.406 e. The fourth-order valence-corrected chi connectivity index (χ4v) is 2.92. The maximum atomic E-state index is 12.2. The average Bonchev–Trinajstić information content (AvgIpc) is 3.16. The number of hydrogen-bond acceptors (Lipinski definition) is 7. The lowest BCUT2D eigenvalue weighted by Crippen LogP contribution is -2.17. The zero-order valence-electron chi connectivity index (χ0n) is 16.1. The van der Waals surface area contributed by atoms with E-state index in [1.807, 2.05) is 31.2 Å². The average molecular weight is 450 g/mol. The number of carbonyl (C=O) groups is 1. The molecule has 12 heteroatoms. The van der Waals surface area contributed by atoms with E-state index in [4.69, 9.17) is 0 Å². The van der Waals surface area contributed by atoms with Gasteiger partial charge in [0.1, 0.15) is 5.75 Å². The van der Waals surface area contributed by atoms with Crippen molar-refractivity contribution in [1.29, 1.82) is 0 Å². The van der Waals surface area contributed by atoms with Gasteiger partial charge in [-0.05, 0) is 42.3 Å². The van der Waals surface area contributed by atoms with E-state index in [1.165, 1.54) is 12.1 Å². The van der Waals surface area contributed by atoms with Gasteiger partial charge in [0.15, 0.2) is 0 Å². The van der Waals surface area contributed by atoms with Gasteiger partial charge in [0.25, 0.3) is 0 Å². The third-order valence-corrected chi connectivity index (χ3v) is 4.58. The smallest absolute Gasteiger partial charge is 0.406 e. The van der Waals surface area contributed by atoms with Crippen LogP contribution in [0.2, 0.25) is 0 Å². The molecule has 0 atom stereocenters. The topological polar surface area (TPSA) is 104 Å². The Hall–Kier alpha value is -3.54. The molecule has 0 aliphatic carbocycles. The van der Waals surface area contributed by atoms with E-state index in [1.54, 1.807) is 6.21 Å². The Balaban J connectivity index is 1.44. The second kappa shape index (κ2) is 9.98. The van der Waals surface area contributed by atoms with Gasteiger partial charge >= 0.3 is 6.36 Å². The molecule has 0 saturated carbocycles. The molecule has 2 aromatic carbocycles. The van der Waals surface area contributed by atoms with E-state index in [2.05, 4.69) is 35.8 Å². The predicted octanol–water partition coefficient (Wildman–Crippen LogP) is 4.19. The van der Waals surface area contributed by atoms with Crippen molar-refractivity contribution in [1.82, 2.24) is 15.2 Å². The minimum absolute atomic E-state index is 0.00454. The number of alkyl halides is 3. The summed E-state index contributed by atoms with van der Waals surface area (Å²) in [6.07, 6.45) is -3.11. The molecule has 3 N–H and O–H groups in total. The molecular weight excluding hydrogens is 433 g/mol. The molecule has 1 aromatic heterocycles. The third-order valence-electron chi connectivity index (χ3n) is 3.73. The fraction of sp³-hybridized carbons (Fsp3) is 0.158. The maximum Gasteiger partial charge on any atom is 0.573 e. The van der Waals surface area contributed by atoms with Crippen molar-refractivity contribution >= 4 is 35.5 Å². The highest BCUT2D eigenvalue weighted by Crippen LogP contribution is 2.24. The summed E-state index contributed by atoms with van der Waals surface area (Å²) >= 11 is 1.08. The molecule has 162 valence electrons. The second-order valence-corrected chi connectivity index (χ2v) is 7.04. The molecular formula is C19H17F3N6O2S. The summed E-state index contributed by atoms with van der Waals surface area (Å²) in [6.45, 7) is 1.97. The molecule has 0 aliphatic rings. The van der Waals surface area contributed by atoms with Gasteiger partial charge in [-0.1, -0.05) is 36.0 Å². The first-order valence-electron chi connectivity index (χ1n) is 8.84. The number of anilines is 2. The van der Waals surface area contributed by atoms with Crippen LogP contribution in [0.25, 0.3) is 0 Å². The Labute approximate surface area is 179 Å². The Morgan fingerprint density at radius 1 is 1.23 bits per heavy atom. The fourth-order valence-electron chi connectivity index (χ4n) is 2.32. The Bertz CT molecular complexity index is 1050. The summed E-state index contributed by atoms with van der Waals surface area (Å²) in [7, 11) is 0. The number of nitrogens with zero attached hydrogens (tertiary/aromatic N) is 3. The summed E-state index contributed by atoms with van der Waals surface area (Å²) < 4.78 is 40.2. The Morgan fingerprint density at radius 3 is 2.68 bits per heavy atom. The summed E-state index contributed by atoms with van der Waals surface area (Å²) in [6, 6.07) is 12.6. The normalized spacial score (nSPS) is 11.5. The number of aromatic amines is 1. The lowest BCUT2D eigenvalue weighted by molar-refractivity contribution is -0.274. The van der Waals surface area contributed by atoms with Crippen LogP contribution in [0.5, 0.6) is 5.75 Å². The van der Waals surface area contributed by atoms with Crippen molar-refractivity contribution in [2.75, 3.05) is 16.5 Å².